The molecule has 0 aliphatic heterocycles. The summed E-state index contributed by atoms with van der Waals surface area (Å²) >= 11 is 3.90. The van der Waals surface area contributed by atoms with E-state index in [1.807, 2.05) is 0 Å². The fraction of sp³-hybridized carbons (Fsp3) is 0.250. The van der Waals surface area contributed by atoms with Gasteiger partial charge in [0.15, 0.2) is 18.2 Å². The van der Waals surface area contributed by atoms with Crippen LogP contribution in [0.4, 0.5) is 20.3 Å². The second kappa shape index (κ2) is 10.2. The third-order valence-corrected chi connectivity index (χ3v) is 4.52. The van der Waals surface area contributed by atoms with Crippen molar-refractivity contribution in [2.75, 3.05) is 28.7 Å². The molecule has 2 rings (SSSR count). The number of nitrogens with zero attached hydrogens (tertiary/aromatic N) is 1. The molecule has 2 amide bonds. The largest absolute Gasteiger partial charge is 0.455 e. The van der Waals surface area contributed by atoms with E-state index >= 15 is 0 Å². The highest BCUT2D eigenvalue weighted by Gasteiger charge is 2.15. The van der Waals surface area contributed by atoms with Crippen molar-refractivity contribution < 1.29 is 32.4 Å². The van der Waals surface area contributed by atoms with Crippen molar-refractivity contribution in [3.8, 4) is 0 Å². The summed E-state index contributed by atoms with van der Waals surface area (Å²) < 4.78 is 36.2. The maximum atomic E-state index is 13.6. The number of aromatic nitrogens is 1. The molecule has 0 spiro atoms. The number of anilines is 2. The van der Waals surface area contributed by atoms with Gasteiger partial charge in [-0.3, -0.25) is 14.4 Å². The number of hydrogen-bond donors (Lipinski definition) is 2. The highest BCUT2D eigenvalue weighted by Crippen LogP contribution is 2.26. The number of benzene rings is 1. The SMILES string of the molecule is Cc1cc(NC(=O)CSCC(=O)OCC(=O)Nc2c(F)cc(F)cc2Br)no1. The van der Waals surface area contributed by atoms with E-state index in [4.69, 9.17) is 9.26 Å². The van der Waals surface area contributed by atoms with Gasteiger partial charge < -0.3 is 19.9 Å². The van der Waals surface area contributed by atoms with Crippen molar-refractivity contribution in [1.29, 1.82) is 0 Å². The summed E-state index contributed by atoms with van der Waals surface area (Å²) in [7, 11) is 0. The molecule has 0 bridgehead atoms. The fourth-order valence-electron chi connectivity index (χ4n) is 1.86. The number of esters is 1. The number of carbonyl (C=O) groups is 3. The Morgan fingerprint density at radius 2 is 1.93 bits per heavy atom. The number of nitrogens with one attached hydrogen (secondary N) is 2. The maximum Gasteiger partial charge on any atom is 0.316 e. The van der Waals surface area contributed by atoms with E-state index < -0.39 is 30.1 Å². The average Bonchev–Trinajstić information content (AvgIpc) is 3.01. The molecule has 0 aliphatic carbocycles. The van der Waals surface area contributed by atoms with Gasteiger partial charge >= 0.3 is 5.97 Å². The lowest BCUT2D eigenvalue weighted by Gasteiger charge is -2.09. The van der Waals surface area contributed by atoms with Gasteiger partial charge in [-0.05, 0) is 28.9 Å². The third-order valence-electron chi connectivity index (χ3n) is 2.98. The number of halogens is 3. The van der Waals surface area contributed by atoms with E-state index in [1.54, 1.807) is 6.92 Å². The van der Waals surface area contributed by atoms with Crippen LogP contribution in [0.15, 0.2) is 27.2 Å². The predicted octanol–water partition coefficient (Wildman–Crippen LogP) is 2.88. The van der Waals surface area contributed by atoms with Crippen molar-refractivity contribution in [3.05, 3.63) is 40.1 Å². The minimum Gasteiger partial charge on any atom is -0.455 e. The van der Waals surface area contributed by atoms with E-state index in [0.717, 1.165) is 17.8 Å². The molecule has 28 heavy (non-hydrogen) atoms. The summed E-state index contributed by atoms with van der Waals surface area (Å²) in [5.74, 6) is -3.12. The van der Waals surface area contributed by atoms with Crippen LogP contribution < -0.4 is 10.6 Å². The lowest BCUT2D eigenvalue weighted by molar-refractivity contribution is -0.144. The molecule has 12 heteroatoms. The van der Waals surface area contributed by atoms with Crippen LogP contribution in [0, 0.1) is 18.6 Å². The van der Waals surface area contributed by atoms with Gasteiger partial charge in [0.1, 0.15) is 11.6 Å². The Balaban J connectivity index is 1.68. The van der Waals surface area contributed by atoms with Gasteiger partial charge in [-0.15, -0.1) is 11.8 Å². The summed E-state index contributed by atoms with van der Waals surface area (Å²) in [4.78, 5) is 35.0. The number of hydrogen-bond acceptors (Lipinski definition) is 7. The van der Waals surface area contributed by atoms with Crippen LogP contribution >= 0.6 is 27.7 Å². The molecular weight excluding hydrogens is 464 g/mol. The molecular formula is C16H14BrF2N3O5S. The molecule has 2 aromatic rings. The van der Waals surface area contributed by atoms with Crippen LogP contribution in [0.3, 0.4) is 0 Å². The van der Waals surface area contributed by atoms with Gasteiger partial charge in [0.25, 0.3) is 5.91 Å². The van der Waals surface area contributed by atoms with E-state index in [9.17, 15) is 23.2 Å². The van der Waals surface area contributed by atoms with Crippen LogP contribution in [-0.2, 0) is 19.1 Å². The number of carbonyl (C=O) groups excluding carboxylic acids is 3. The number of thioether (sulfide) groups is 1. The zero-order chi connectivity index (χ0) is 20.7. The van der Waals surface area contributed by atoms with Gasteiger partial charge in [-0.1, -0.05) is 5.16 Å². The molecule has 0 unspecified atom stereocenters. The first-order valence-electron chi connectivity index (χ1n) is 7.65. The van der Waals surface area contributed by atoms with Crippen LogP contribution in [0.25, 0.3) is 0 Å². The Labute approximate surface area is 170 Å². The number of aryl methyl sites for hydroxylation is 1. The van der Waals surface area contributed by atoms with Gasteiger partial charge in [0.05, 0.1) is 17.2 Å². The second-order valence-corrected chi connectivity index (χ2v) is 7.16. The molecule has 2 N–H and O–H groups in total. The van der Waals surface area contributed by atoms with Crippen molar-refractivity contribution in [2.45, 2.75) is 6.92 Å². The third kappa shape index (κ3) is 6.93. The molecule has 0 fully saturated rings. The first-order chi connectivity index (χ1) is 13.2. The number of rotatable bonds is 8. The molecule has 0 atom stereocenters. The Morgan fingerprint density at radius 1 is 1.18 bits per heavy atom. The fourth-order valence-corrected chi connectivity index (χ4v) is 2.97. The second-order valence-electron chi connectivity index (χ2n) is 5.32. The first kappa shape index (κ1) is 21.8. The minimum atomic E-state index is -0.976. The molecule has 0 saturated carbocycles. The van der Waals surface area contributed by atoms with Gasteiger partial charge in [0, 0.05) is 16.6 Å². The van der Waals surface area contributed by atoms with Crippen LogP contribution in [0.2, 0.25) is 0 Å². The van der Waals surface area contributed by atoms with E-state index in [0.29, 0.717) is 11.8 Å². The molecule has 0 aliphatic rings. The van der Waals surface area contributed by atoms with Gasteiger partial charge in [-0.2, -0.15) is 0 Å². The van der Waals surface area contributed by atoms with Gasteiger partial charge in [-0.25, -0.2) is 8.78 Å². The van der Waals surface area contributed by atoms with E-state index in [1.165, 1.54) is 6.07 Å². The molecule has 0 saturated heterocycles. The summed E-state index contributed by atoms with van der Waals surface area (Å²) in [6.45, 7) is 1.01. The topological polar surface area (TPSA) is 111 Å². The molecule has 1 aromatic heterocycles. The highest BCUT2D eigenvalue weighted by molar-refractivity contribution is 9.10. The van der Waals surface area contributed by atoms with Gasteiger partial charge in [0.2, 0.25) is 5.91 Å². The van der Waals surface area contributed by atoms with Crippen molar-refractivity contribution in [1.82, 2.24) is 5.16 Å². The maximum absolute atomic E-state index is 13.6. The minimum absolute atomic E-state index is 0.00792. The van der Waals surface area contributed by atoms with Crippen molar-refractivity contribution >= 4 is 57.0 Å². The van der Waals surface area contributed by atoms with Crippen LogP contribution in [-0.4, -0.2) is 41.1 Å². The molecule has 150 valence electrons. The zero-order valence-electron chi connectivity index (χ0n) is 14.4. The van der Waals surface area contributed by atoms with E-state index in [-0.39, 0.29) is 33.4 Å². The standard InChI is InChI=1S/C16H14BrF2N3O5S/c1-8-2-12(22-27-8)20-14(24)6-28-7-15(25)26-5-13(23)21-16-10(17)3-9(18)4-11(16)19/h2-4H,5-7H2,1H3,(H,21,23)(H,20,22,24). The normalized spacial score (nSPS) is 10.4. The lowest BCUT2D eigenvalue weighted by Crippen LogP contribution is -2.23. The Kier molecular flexibility index (Phi) is 7.93. The number of amides is 2. The molecule has 0 radical (unpaired) electrons. The van der Waals surface area contributed by atoms with E-state index in [2.05, 4.69) is 31.7 Å². The Bertz CT molecular complexity index is 870. The smallest absolute Gasteiger partial charge is 0.316 e. The highest BCUT2D eigenvalue weighted by atomic mass is 79.9. The predicted molar refractivity (Wildman–Crippen MR) is 101 cm³/mol. The summed E-state index contributed by atoms with van der Waals surface area (Å²) in [5, 5.41) is 8.25. The molecule has 1 aromatic carbocycles. The molecule has 1 heterocycles. The average molecular weight is 478 g/mol. The zero-order valence-corrected chi connectivity index (χ0v) is 16.8. The molecule has 8 nitrogen and oxygen atoms in total. The summed E-state index contributed by atoms with van der Waals surface area (Å²) in [6.07, 6.45) is 0. The number of ether oxygens (including phenoxy) is 1. The first-order valence-corrected chi connectivity index (χ1v) is 9.60. The quantitative estimate of drug-likeness (QED) is 0.562. The lowest BCUT2D eigenvalue weighted by atomic mass is 10.3. The monoisotopic (exact) mass is 477 g/mol. The summed E-state index contributed by atoms with van der Waals surface area (Å²) in [6, 6.07) is 3.12. The summed E-state index contributed by atoms with van der Waals surface area (Å²) in [5.41, 5.74) is -0.267. The van der Waals surface area contributed by atoms with Crippen LogP contribution in [0.5, 0.6) is 0 Å². The van der Waals surface area contributed by atoms with Crippen molar-refractivity contribution in [2.24, 2.45) is 0 Å². The van der Waals surface area contributed by atoms with Crippen LogP contribution in [0.1, 0.15) is 5.76 Å². The Morgan fingerprint density at radius 3 is 2.57 bits per heavy atom. The van der Waals surface area contributed by atoms with Crippen molar-refractivity contribution in [3.63, 3.8) is 0 Å². The Hall–Kier alpha value is -2.47.